The van der Waals surface area contributed by atoms with E-state index in [4.69, 9.17) is 0 Å². The van der Waals surface area contributed by atoms with Crippen molar-refractivity contribution in [2.45, 2.75) is 31.3 Å². The van der Waals surface area contributed by atoms with Gasteiger partial charge in [0.05, 0.1) is 0 Å². The molecule has 0 unspecified atom stereocenters. The lowest BCUT2D eigenvalue weighted by Gasteiger charge is -2.36. The topological polar surface area (TPSA) is 32.3 Å². The first kappa shape index (κ1) is 13.1. The summed E-state index contributed by atoms with van der Waals surface area (Å²) in [4.78, 5) is 0. The largest absolute Gasteiger partial charge is 0.508 e. The Kier molecular flexibility index (Phi) is 3.70. The molecule has 0 spiro atoms. The molecule has 0 heterocycles. The van der Waals surface area contributed by atoms with Gasteiger partial charge in [0, 0.05) is 12.6 Å². The first-order chi connectivity index (χ1) is 9.70. The molecule has 1 aliphatic carbocycles. The third-order valence-corrected chi connectivity index (χ3v) is 3.99. The normalized spacial score (nSPS) is 21.4. The first-order valence-corrected chi connectivity index (χ1v) is 6.97. The number of halogens is 1. The summed E-state index contributed by atoms with van der Waals surface area (Å²) >= 11 is 0. The van der Waals surface area contributed by atoms with Gasteiger partial charge in [0.15, 0.2) is 0 Å². The lowest BCUT2D eigenvalue weighted by Crippen LogP contribution is -2.39. The Hall–Kier alpha value is -1.87. The highest BCUT2D eigenvalue weighted by atomic mass is 19.1. The fraction of sp³-hybridized carbons (Fsp3) is 0.294. The van der Waals surface area contributed by atoms with Gasteiger partial charge in [-0.05, 0) is 54.2 Å². The molecule has 2 aromatic rings. The summed E-state index contributed by atoms with van der Waals surface area (Å²) in [5.74, 6) is 0.620. The van der Waals surface area contributed by atoms with Crippen LogP contribution < -0.4 is 5.32 Å². The fourth-order valence-corrected chi connectivity index (χ4v) is 2.69. The lowest BCUT2D eigenvalue weighted by molar-refractivity contribution is 0.289. The number of nitrogens with one attached hydrogen (secondary N) is 1. The quantitative estimate of drug-likeness (QED) is 0.891. The van der Waals surface area contributed by atoms with Crippen LogP contribution in [0.25, 0.3) is 0 Å². The van der Waals surface area contributed by atoms with Gasteiger partial charge >= 0.3 is 0 Å². The van der Waals surface area contributed by atoms with Gasteiger partial charge in [-0.1, -0.05) is 24.3 Å². The van der Waals surface area contributed by atoms with E-state index in [0.29, 0.717) is 17.7 Å². The molecule has 3 heteroatoms. The molecule has 2 nitrogen and oxygen atoms in total. The molecule has 0 aromatic heterocycles. The van der Waals surface area contributed by atoms with Crippen molar-refractivity contribution in [1.82, 2.24) is 5.32 Å². The molecule has 1 aliphatic rings. The molecule has 0 aliphatic heterocycles. The highest BCUT2D eigenvalue weighted by Crippen LogP contribution is 2.37. The minimum atomic E-state index is -0.150. The van der Waals surface area contributed by atoms with Gasteiger partial charge in [-0.2, -0.15) is 0 Å². The maximum Gasteiger partial charge on any atom is 0.123 e. The third kappa shape index (κ3) is 2.99. The zero-order chi connectivity index (χ0) is 13.9. The van der Waals surface area contributed by atoms with Crippen molar-refractivity contribution in [1.29, 1.82) is 0 Å². The van der Waals surface area contributed by atoms with Gasteiger partial charge in [-0.25, -0.2) is 4.39 Å². The molecular formula is C17H18FNO. The second kappa shape index (κ2) is 5.63. The molecule has 0 bridgehead atoms. The van der Waals surface area contributed by atoms with E-state index >= 15 is 0 Å². The second-order valence-electron chi connectivity index (χ2n) is 5.47. The van der Waals surface area contributed by atoms with Crippen molar-refractivity contribution in [2.24, 2.45) is 0 Å². The van der Waals surface area contributed by atoms with Crippen LogP contribution in [-0.2, 0) is 6.54 Å². The zero-order valence-electron chi connectivity index (χ0n) is 11.2. The predicted molar refractivity (Wildman–Crippen MR) is 77.1 cm³/mol. The van der Waals surface area contributed by atoms with Crippen LogP contribution in [0.5, 0.6) is 5.75 Å². The fourth-order valence-electron chi connectivity index (χ4n) is 2.69. The standard InChI is InChI=1S/C17H18FNO/c18-15-3-1-2-13(8-15)14-9-16(10-14)19-11-12-4-6-17(20)7-5-12/h1-8,14,16,19-20H,9-11H2. The molecule has 0 radical (unpaired) electrons. The zero-order valence-corrected chi connectivity index (χ0v) is 11.2. The SMILES string of the molecule is Oc1ccc(CNC2CC(c3cccc(F)c3)C2)cc1. The van der Waals surface area contributed by atoms with Crippen LogP contribution >= 0.6 is 0 Å². The maximum absolute atomic E-state index is 13.2. The highest BCUT2D eigenvalue weighted by molar-refractivity contribution is 5.26. The molecule has 2 aromatic carbocycles. The van der Waals surface area contributed by atoms with Gasteiger partial charge in [0.1, 0.15) is 11.6 Å². The smallest absolute Gasteiger partial charge is 0.123 e. The molecule has 20 heavy (non-hydrogen) atoms. The Morgan fingerprint density at radius 3 is 2.55 bits per heavy atom. The minimum absolute atomic E-state index is 0.150. The number of hydrogen-bond donors (Lipinski definition) is 2. The highest BCUT2D eigenvalue weighted by Gasteiger charge is 2.29. The summed E-state index contributed by atoms with van der Waals surface area (Å²) in [5.41, 5.74) is 2.27. The van der Waals surface area contributed by atoms with Gasteiger partial charge in [-0.15, -0.1) is 0 Å². The van der Waals surface area contributed by atoms with E-state index in [9.17, 15) is 9.50 Å². The van der Waals surface area contributed by atoms with E-state index < -0.39 is 0 Å². The number of benzene rings is 2. The van der Waals surface area contributed by atoms with Gasteiger partial charge < -0.3 is 10.4 Å². The van der Waals surface area contributed by atoms with E-state index in [1.165, 1.54) is 6.07 Å². The van der Waals surface area contributed by atoms with Gasteiger partial charge in [-0.3, -0.25) is 0 Å². The number of phenolic OH excluding ortho intramolecular Hbond substituents is 1. The Morgan fingerprint density at radius 2 is 1.85 bits per heavy atom. The van der Waals surface area contributed by atoms with Crippen molar-refractivity contribution >= 4 is 0 Å². The monoisotopic (exact) mass is 271 g/mol. The van der Waals surface area contributed by atoms with E-state index in [2.05, 4.69) is 5.32 Å². The Morgan fingerprint density at radius 1 is 1.10 bits per heavy atom. The van der Waals surface area contributed by atoms with Crippen LogP contribution in [-0.4, -0.2) is 11.1 Å². The van der Waals surface area contributed by atoms with Crippen LogP contribution in [0.1, 0.15) is 29.9 Å². The van der Waals surface area contributed by atoms with Crippen LogP contribution in [0.4, 0.5) is 4.39 Å². The molecular weight excluding hydrogens is 253 g/mol. The molecule has 1 fully saturated rings. The molecule has 2 N–H and O–H groups in total. The van der Waals surface area contributed by atoms with E-state index in [0.717, 1.165) is 30.5 Å². The van der Waals surface area contributed by atoms with E-state index in [-0.39, 0.29) is 5.82 Å². The molecule has 1 saturated carbocycles. The third-order valence-electron chi connectivity index (χ3n) is 3.99. The molecule has 104 valence electrons. The molecule has 0 atom stereocenters. The van der Waals surface area contributed by atoms with Crippen molar-refractivity contribution in [3.63, 3.8) is 0 Å². The molecule has 3 rings (SSSR count). The van der Waals surface area contributed by atoms with Crippen LogP contribution in [0.3, 0.4) is 0 Å². The molecule has 0 saturated heterocycles. The summed E-state index contributed by atoms with van der Waals surface area (Å²) in [6.07, 6.45) is 2.11. The van der Waals surface area contributed by atoms with E-state index in [1.54, 1.807) is 24.3 Å². The predicted octanol–water partition coefficient (Wildman–Crippen LogP) is 3.57. The van der Waals surface area contributed by atoms with Crippen LogP contribution in [0, 0.1) is 5.82 Å². The second-order valence-corrected chi connectivity index (χ2v) is 5.47. The maximum atomic E-state index is 13.2. The summed E-state index contributed by atoms with van der Waals surface area (Å²) < 4.78 is 13.2. The summed E-state index contributed by atoms with van der Waals surface area (Å²) in [7, 11) is 0. The molecule has 0 amide bonds. The van der Waals surface area contributed by atoms with Crippen molar-refractivity contribution in [3.8, 4) is 5.75 Å². The summed E-state index contributed by atoms with van der Waals surface area (Å²) in [5, 5.41) is 12.7. The number of phenols is 1. The Bertz CT molecular complexity index is 576. The van der Waals surface area contributed by atoms with Crippen LogP contribution in [0.15, 0.2) is 48.5 Å². The van der Waals surface area contributed by atoms with Gasteiger partial charge in [0.25, 0.3) is 0 Å². The van der Waals surface area contributed by atoms with Crippen molar-refractivity contribution in [3.05, 3.63) is 65.5 Å². The number of rotatable bonds is 4. The average Bonchev–Trinajstić information content (AvgIpc) is 2.39. The number of hydrogen-bond acceptors (Lipinski definition) is 2. The van der Waals surface area contributed by atoms with Crippen molar-refractivity contribution < 1.29 is 9.50 Å². The first-order valence-electron chi connectivity index (χ1n) is 6.97. The summed E-state index contributed by atoms with van der Waals surface area (Å²) in [6, 6.07) is 14.7. The minimum Gasteiger partial charge on any atom is -0.508 e. The summed E-state index contributed by atoms with van der Waals surface area (Å²) in [6.45, 7) is 0.806. The van der Waals surface area contributed by atoms with Crippen molar-refractivity contribution in [2.75, 3.05) is 0 Å². The van der Waals surface area contributed by atoms with E-state index in [1.807, 2.05) is 18.2 Å². The Balaban J connectivity index is 1.48. The Labute approximate surface area is 118 Å². The number of aromatic hydroxyl groups is 1. The van der Waals surface area contributed by atoms with Crippen LogP contribution in [0.2, 0.25) is 0 Å². The van der Waals surface area contributed by atoms with Gasteiger partial charge in [0.2, 0.25) is 0 Å². The average molecular weight is 271 g/mol. The lowest BCUT2D eigenvalue weighted by atomic mass is 9.76.